The second kappa shape index (κ2) is 5.15. The zero-order valence-electron chi connectivity index (χ0n) is 9.53. The van der Waals surface area contributed by atoms with E-state index < -0.39 is 23.7 Å². The zero-order valence-corrected chi connectivity index (χ0v) is 10.3. The van der Waals surface area contributed by atoms with E-state index in [9.17, 15) is 24.6 Å². The summed E-state index contributed by atoms with van der Waals surface area (Å²) < 4.78 is 0. The van der Waals surface area contributed by atoms with Crippen LogP contribution in [0.4, 0.5) is 4.79 Å². The summed E-state index contributed by atoms with van der Waals surface area (Å²) in [4.78, 5) is 34.4. The summed E-state index contributed by atoms with van der Waals surface area (Å²) in [7, 11) is 0. The Morgan fingerprint density at radius 3 is 2.68 bits per heavy atom. The molecule has 1 heterocycles. The van der Waals surface area contributed by atoms with Crippen LogP contribution in [0.1, 0.15) is 5.56 Å². The predicted octanol–water partition coefficient (Wildman–Crippen LogP) is 0.178. The first kappa shape index (κ1) is 13.2. The van der Waals surface area contributed by atoms with E-state index in [2.05, 4.69) is 0 Å². The maximum atomic E-state index is 11.8. The lowest BCUT2D eigenvalue weighted by Crippen LogP contribution is -2.40. The number of carbonyl (C=O) groups excluding carboxylic acids is 3. The van der Waals surface area contributed by atoms with Crippen LogP contribution in [-0.2, 0) is 9.59 Å². The number of carboxylic acid groups (broad SMARTS) is 1. The number of rotatable bonds is 3. The lowest BCUT2D eigenvalue weighted by molar-refractivity contribution is -0.305. The van der Waals surface area contributed by atoms with Crippen LogP contribution in [0.5, 0.6) is 5.75 Å². The molecule has 6 nitrogen and oxygen atoms in total. The van der Waals surface area contributed by atoms with Gasteiger partial charge in [-0.25, -0.2) is 0 Å². The molecule has 1 saturated heterocycles. The number of phenolic OH excluding ortho intramolecular Hbond substituents is 1. The summed E-state index contributed by atoms with van der Waals surface area (Å²) in [5.41, 5.74) is 0.376. The van der Waals surface area contributed by atoms with Crippen molar-refractivity contribution >= 4 is 35.0 Å². The second-order valence-electron chi connectivity index (χ2n) is 3.70. The second-order valence-corrected chi connectivity index (χ2v) is 4.69. The van der Waals surface area contributed by atoms with Gasteiger partial charge in [0.2, 0.25) is 0 Å². The van der Waals surface area contributed by atoms with Crippen LogP contribution in [0, 0.1) is 0 Å². The molecule has 2 amide bonds. The van der Waals surface area contributed by atoms with Crippen LogP contribution in [0.15, 0.2) is 29.2 Å². The molecule has 2 rings (SSSR count). The fourth-order valence-corrected chi connectivity index (χ4v) is 2.35. The van der Waals surface area contributed by atoms with Crippen LogP contribution in [0.25, 0.3) is 6.08 Å². The Bertz CT molecular complexity index is 596. The quantitative estimate of drug-likeness (QED) is 0.792. The van der Waals surface area contributed by atoms with Gasteiger partial charge >= 0.3 is 0 Å². The molecule has 0 saturated carbocycles. The Morgan fingerprint density at radius 2 is 2.05 bits per heavy atom. The molecule has 0 aliphatic carbocycles. The van der Waals surface area contributed by atoms with Gasteiger partial charge in [0.1, 0.15) is 5.75 Å². The van der Waals surface area contributed by atoms with E-state index in [0.717, 1.165) is 0 Å². The van der Waals surface area contributed by atoms with Crippen LogP contribution in [0.3, 0.4) is 0 Å². The molecule has 0 bridgehead atoms. The van der Waals surface area contributed by atoms with Gasteiger partial charge in [0, 0.05) is 5.56 Å². The third-order valence-corrected chi connectivity index (χ3v) is 3.29. The highest BCUT2D eigenvalue weighted by atomic mass is 32.2. The number of hydrogen-bond donors (Lipinski definition) is 1. The highest BCUT2D eigenvalue weighted by molar-refractivity contribution is 8.18. The Labute approximate surface area is 112 Å². The highest BCUT2D eigenvalue weighted by Crippen LogP contribution is 2.33. The number of benzene rings is 1. The third kappa shape index (κ3) is 2.76. The minimum Gasteiger partial charge on any atom is -0.548 e. The summed E-state index contributed by atoms with van der Waals surface area (Å²) in [5.74, 6) is -2.25. The summed E-state index contributed by atoms with van der Waals surface area (Å²) >= 11 is 0.624. The molecule has 98 valence electrons. The molecule has 0 unspecified atom stereocenters. The maximum absolute atomic E-state index is 11.8. The molecule has 1 N–H and O–H groups in total. The largest absolute Gasteiger partial charge is 0.548 e. The standard InChI is InChI=1S/C12H9NO5S/c14-8-4-2-1-3-7(8)5-9-11(17)13(6-10(15)16)12(18)19-9/h1-5,14H,6H2,(H,15,16)/p-1/b9-5-. The molecule has 19 heavy (non-hydrogen) atoms. The Morgan fingerprint density at radius 1 is 1.37 bits per heavy atom. The lowest BCUT2D eigenvalue weighted by Gasteiger charge is -2.12. The number of carbonyl (C=O) groups is 3. The third-order valence-electron chi connectivity index (χ3n) is 2.38. The van der Waals surface area contributed by atoms with Crippen molar-refractivity contribution in [3.63, 3.8) is 0 Å². The molecule has 7 heteroatoms. The van der Waals surface area contributed by atoms with Gasteiger partial charge < -0.3 is 15.0 Å². The first-order valence-corrected chi connectivity index (χ1v) is 6.04. The van der Waals surface area contributed by atoms with E-state index in [1.54, 1.807) is 18.2 Å². The molecule has 1 aliphatic heterocycles. The number of amides is 2. The zero-order chi connectivity index (χ0) is 14.0. The Hall–Kier alpha value is -2.28. The number of phenols is 1. The molecule has 1 fully saturated rings. The van der Waals surface area contributed by atoms with Crippen molar-refractivity contribution in [1.29, 1.82) is 0 Å². The Kier molecular flexibility index (Phi) is 3.57. The van der Waals surface area contributed by atoms with Crippen molar-refractivity contribution in [3.05, 3.63) is 34.7 Å². The van der Waals surface area contributed by atoms with Gasteiger partial charge in [0.05, 0.1) is 17.4 Å². The van der Waals surface area contributed by atoms with Crippen molar-refractivity contribution in [2.24, 2.45) is 0 Å². The minimum atomic E-state index is -1.51. The maximum Gasteiger partial charge on any atom is 0.293 e. The smallest absolute Gasteiger partial charge is 0.293 e. The lowest BCUT2D eigenvalue weighted by atomic mass is 10.2. The summed E-state index contributed by atoms with van der Waals surface area (Å²) in [5, 5.41) is 19.3. The van der Waals surface area contributed by atoms with Gasteiger partial charge in [0.15, 0.2) is 0 Å². The number of aromatic hydroxyl groups is 1. The first-order chi connectivity index (χ1) is 8.99. The van der Waals surface area contributed by atoms with Crippen molar-refractivity contribution in [2.75, 3.05) is 6.54 Å². The molecule has 1 aromatic carbocycles. The van der Waals surface area contributed by atoms with E-state index in [1.165, 1.54) is 12.1 Å². The number of aliphatic carboxylic acids is 1. The van der Waals surface area contributed by atoms with E-state index in [1.807, 2.05) is 0 Å². The predicted molar refractivity (Wildman–Crippen MR) is 65.8 cm³/mol. The van der Waals surface area contributed by atoms with Crippen LogP contribution >= 0.6 is 11.8 Å². The van der Waals surface area contributed by atoms with Gasteiger partial charge in [-0.05, 0) is 23.9 Å². The van der Waals surface area contributed by atoms with Gasteiger partial charge in [-0.2, -0.15) is 0 Å². The minimum absolute atomic E-state index is 0.0331. The topological polar surface area (TPSA) is 97.7 Å². The molecular formula is C12H8NO5S-. The number of hydrogen-bond acceptors (Lipinski definition) is 6. The molecule has 1 aliphatic rings. The highest BCUT2D eigenvalue weighted by Gasteiger charge is 2.34. The van der Waals surface area contributed by atoms with E-state index in [0.29, 0.717) is 22.2 Å². The fourth-order valence-electron chi connectivity index (χ4n) is 1.52. The monoisotopic (exact) mass is 278 g/mol. The van der Waals surface area contributed by atoms with Crippen LogP contribution in [0.2, 0.25) is 0 Å². The molecule has 0 aromatic heterocycles. The molecule has 0 atom stereocenters. The molecule has 1 aromatic rings. The van der Waals surface area contributed by atoms with Crippen molar-refractivity contribution < 1.29 is 24.6 Å². The van der Waals surface area contributed by atoms with E-state index >= 15 is 0 Å². The van der Waals surface area contributed by atoms with E-state index in [-0.39, 0.29) is 10.7 Å². The fraction of sp³-hybridized carbons (Fsp3) is 0.0833. The average molecular weight is 278 g/mol. The van der Waals surface area contributed by atoms with Crippen molar-refractivity contribution in [1.82, 2.24) is 4.90 Å². The molecular weight excluding hydrogens is 270 g/mol. The molecule has 0 radical (unpaired) electrons. The Balaban J connectivity index is 2.28. The number of thioether (sulfide) groups is 1. The van der Waals surface area contributed by atoms with Gasteiger partial charge in [0.25, 0.3) is 11.1 Å². The van der Waals surface area contributed by atoms with Crippen LogP contribution in [-0.4, -0.2) is 33.7 Å². The summed E-state index contributed by atoms with van der Waals surface area (Å²) in [6.45, 7) is -0.775. The number of nitrogens with zero attached hydrogens (tertiary/aromatic N) is 1. The van der Waals surface area contributed by atoms with Gasteiger partial charge in [-0.15, -0.1) is 0 Å². The van der Waals surface area contributed by atoms with Crippen molar-refractivity contribution in [3.8, 4) is 5.75 Å². The first-order valence-electron chi connectivity index (χ1n) is 5.22. The number of carboxylic acids is 1. The molecule has 0 spiro atoms. The van der Waals surface area contributed by atoms with Gasteiger partial charge in [-0.1, -0.05) is 18.2 Å². The average Bonchev–Trinajstić information content (AvgIpc) is 2.60. The van der Waals surface area contributed by atoms with E-state index in [4.69, 9.17) is 0 Å². The number of para-hydroxylation sites is 1. The summed E-state index contributed by atoms with van der Waals surface area (Å²) in [6, 6.07) is 6.30. The SMILES string of the molecule is O=C([O-])CN1C(=O)S/C(=C\c2ccccc2O)C1=O. The van der Waals surface area contributed by atoms with Crippen molar-refractivity contribution in [2.45, 2.75) is 0 Å². The summed E-state index contributed by atoms with van der Waals surface area (Å²) in [6.07, 6.45) is 1.34. The van der Waals surface area contributed by atoms with Gasteiger partial charge in [-0.3, -0.25) is 14.5 Å². The number of imide groups is 1. The van der Waals surface area contributed by atoms with Crippen LogP contribution < -0.4 is 5.11 Å². The normalized spacial score (nSPS) is 17.3.